The van der Waals surface area contributed by atoms with Crippen LogP contribution in [0.25, 0.3) is 0 Å². The van der Waals surface area contributed by atoms with Crippen LogP contribution in [0.3, 0.4) is 0 Å². The Hall–Kier alpha value is -0.840. The number of carbonyl (C=O) groups is 1. The van der Waals surface area contributed by atoms with Crippen LogP contribution < -0.4 is 5.32 Å². The molecule has 5 heteroatoms. The lowest BCUT2D eigenvalue weighted by atomic mass is 10.1. The summed E-state index contributed by atoms with van der Waals surface area (Å²) in [6.07, 6.45) is 2.08. The topological polar surface area (TPSA) is 55.1 Å². The van der Waals surface area contributed by atoms with Crippen molar-refractivity contribution in [1.82, 2.24) is 10.5 Å². The Labute approximate surface area is 104 Å². The zero-order valence-corrected chi connectivity index (χ0v) is 11.2. The van der Waals surface area contributed by atoms with E-state index in [-0.39, 0.29) is 11.7 Å². The number of aromatic nitrogens is 1. The van der Waals surface area contributed by atoms with Crippen LogP contribution in [-0.2, 0) is 0 Å². The number of hydrogen-bond donors (Lipinski definition) is 1. The molecule has 90 valence electrons. The molecule has 1 aromatic rings. The number of nitrogens with one attached hydrogen (secondary N) is 1. The average Bonchev–Trinajstić information content (AvgIpc) is 2.70. The van der Waals surface area contributed by atoms with Gasteiger partial charge >= 0.3 is 0 Å². The molecule has 4 nitrogen and oxygen atoms in total. The predicted octanol–water partition coefficient (Wildman–Crippen LogP) is 2.52. The van der Waals surface area contributed by atoms with E-state index in [1.165, 1.54) is 0 Å². The van der Waals surface area contributed by atoms with Gasteiger partial charge in [0.15, 0.2) is 0 Å². The summed E-state index contributed by atoms with van der Waals surface area (Å²) in [5, 5.41) is 7.47. The highest BCUT2D eigenvalue weighted by Gasteiger charge is 2.10. The van der Waals surface area contributed by atoms with E-state index in [9.17, 15) is 4.79 Å². The normalized spacial score (nSPS) is 12.4. The van der Waals surface area contributed by atoms with Gasteiger partial charge in [-0.25, -0.2) is 0 Å². The molecule has 0 saturated heterocycles. The predicted molar refractivity (Wildman–Crippen MR) is 65.8 cm³/mol. The van der Waals surface area contributed by atoms with Crippen molar-refractivity contribution in [2.24, 2.45) is 5.92 Å². The second-order valence-electron chi connectivity index (χ2n) is 3.99. The lowest BCUT2D eigenvalue weighted by molar-refractivity contribution is 0.0915. The van der Waals surface area contributed by atoms with Crippen molar-refractivity contribution in [2.75, 3.05) is 11.9 Å². The third kappa shape index (κ3) is 4.35. The van der Waals surface area contributed by atoms with Crippen LogP contribution in [0.4, 0.5) is 0 Å². The van der Waals surface area contributed by atoms with E-state index in [2.05, 4.69) is 33.3 Å². The van der Waals surface area contributed by atoms with E-state index in [0.717, 1.165) is 23.9 Å². The van der Waals surface area contributed by atoms with Gasteiger partial charge in [0.2, 0.25) is 5.76 Å². The SMILES string of the molecule is Cc1cc(C(=O)NCCCC(C)CBr)on1. The molecule has 0 radical (unpaired) electrons. The minimum absolute atomic E-state index is 0.188. The fourth-order valence-electron chi connectivity index (χ4n) is 1.29. The number of halogens is 1. The largest absolute Gasteiger partial charge is 0.351 e. The molecule has 0 bridgehead atoms. The highest BCUT2D eigenvalue weighted by molar-refractivity contribution is 9.09. The number of rotatable bonds is 6. The Bertz CT molecular complexity index is 338. The molecule has 1 atom stereocenters. The summed E-state index contributed by atoms with van der Waals surface area (Å²) in [7, 11) is 0. The van der Waals surface area contributed by atoms with Crippen molar-refractivity contribution in [3.8, 4) is 0 Å². The number of alkyl halides is 1. The van der Waals surface area contributed by atoms with Crippen LogP contribution >= 0.6 is 15.9 Å². The molecule has 16 heavy (non-hydrogen) atoms. The molecule has 0 aromatic carbocycles. The first kappa shape index (κ1) is 13.2. The molecule has 0 saturated carbocycles. The Balaban J connectivity index is 2.21. The fraction of sp³-hybridized carbons (Fsp3) is 0.636. The molecule has 0 fully saturated rings. The molecule has 0 aliphatic carbocycles. The summed E-state index contributed by atoms with van der Waals surface area (Å²) < 4.78 is 4.86. The minimum atomic E-state index is -0.188. The first-order valence-corrected chi connectivity index (χ1v) is 6.53. The van der Waals surface area contributed by atoms with Crippen molar-refractivity contribution in [2.45, 2.75) is 26.7 Å². The number of carbonyl (C=O) groups excluding carboxylic acids is 1. The fourth-order valence-corrected chi connectivity index (χ4v) is 1.61. The maximum Gasteiger partial charge on any atom is 0.289 e. The molecule has 1 amide bonds. The molecule has 1 aromatic heterocycles. The summed E-state index contributed by atoms with van der Waals surface area (Å²) >= 11 is 3.42. The van der Waals surface area contributed by atoms with Gasteiger partial charge in [0, 0.05) is 17.9 Å². The van der Waals surface area contributed by atoms with Gasteiger partial charge < -0.3 is 9.84 Å². The Morgan fingerprint density at radius 1 is 1.69 bits per heavy atom. The van der Waals surface area contributed by atoms with Gasteiger partial charge in [-0.3, -0.25) is 4.79 Å². The Kier molecular flexibility index (Phi) is 5.52. The molecule has 1 heterocycles. The zero-order valence-electron chi connectivity index (χ0n) is 9.62. The lowest BCUT2D eigenvalue weighted by Gasteiger charge is -2.07. The van der Waals surface area contributed by atoms with Crippen LogP contribution in [0.5, 0.6) is 0 Å². The number of hydrogen-bond acceptors (Lipinski definition) is 3. The van der Waals surface area contributed by atoms with Crippen LogP contribution in [0, 0.1) is 12.8 Å². The van der Waals surface area contributed by atoms with Crippen molar-refractivity contribution in [3.05, 3.63) is 17.5 Å². The first-order chi connectivity index (χ1) is 7.63. The molecule has 1 N–H and O–H groups in total. The number of aryl methyl sites for hydroxylation is 1. The van der Waals surface area contributed by atoms with Gasteiger partial charge in [-0.1, -0.05) is 28.0 Å². The summed E-state index contributed by atoms with van der Waals surface area (Å²) in [5.41, 5.74) is 0.720. The third-order valence-corrected chi connectivity index (χ3v) is 3.38. The van der Waals surface area contributed by atoms with Gasteiger partial charge in [-0.2, -0.15) is 0 Å². The molecule has 1 rings (SSSR count). The first-order valence-electron chi connectivity index (χ1n) is 5.41. The van der Waals surface area contributed by atoms with Crippen LogP contribution in [0.1, 0.15) is 36.0 Å². The highest BCUT2D eigenvalue weighted by Crippen LogP contribution is 2.07. The lowest BCUT2D eigenvalue weighted by Crippen LogP contribution is -2.24. The average molecular weight is 289 g/mol. The van der Waals surface area contributed by atoms with E-state index in [4.69, 9.17) is 4.52 Å². The van der Waals surface area contributed by atoms with Gasteiger partial charge in [-0.05, 0) is 25.7 Å². The minimum Gasteiger partial charge on any atom is -0.351 e. The standard InChI is InChI=1S/C11H17BrN2O2/c1-8(7-12)4-3-5-13-11(15)10-6-9(2)14-16-10/h6,8H,3-5,7H2,1-2H3,(H,13,15). The molecular weight excluding hydrogens is 272 g/mol. The van der Waals surface area contributed by atoms with E-state index in [1.807, 2.05) is 0 Å². The van der Waals surface area contributed by atoms with E-state index in [0.29, 0.717) is 12.5 Å². The molecule has 0 aliphatic rings. The Morgan fingerprint density at radius 3 is 3.00 bits per heavy atom. The van der Waals surface area contributed by atoms with Crippen LogP contribution in [0.2, 0.25) is 0 Å². The molecular formula is C11H17BrN2O2. The monoisotopic (exact) mass is 288 g/mol. The van der Waals surface area contributed by atoms with Gasteiger partial charge in [0.05, 0.1) is 5.69 Å². The quantitative estimate of drug-likeness (QED) is 0.646. The maximum absolute atomic E-state index is 11.5. The highest BCUT2D eigenvalue weighted by atomic mass is 79.9. The van der Waals surface area contributed by atoms with Gasteiger partial charge in [0.1, 0.15) is 0 Å². The second-order valence-corrected chi connectivity index (χ2v) is 4.64. The second kappa shape index (κ2) is 6.68. The van der Waals surface area contributed by atoms with Crippen molar-refractivity contribution in [3.63, 3.8) is 0 Å². The van der Waals surface area contributed by atoms with E-state index >= 15 is 0 Å². The van der Waals surface area contributed by atoms with Gasteiger partial charge in [0.25, 0.3) is 5.91 Å². The van der Waals surface area contributed by atoms with Crippen LogP contribution in [-0.4, -0.2) is 22.9 Å². The summed E-state index contributed by atoms with van der Waals surface area (Å²) in [6, 6.07) is 1.64. The van der Waals surface area contributed by atoms with Crippen molar-refractivity contribution >= 4 is 21.8 Å². The smallest absolute Gasteiger partial charge is 0.289 e. The van der Waals surface area contributed by atoms with Gasteiger partial charge in [-0.15, -0.1) is 0 Å². The number of amides is 1. The summed E-state index contributed by atoms with van der Waals surface area (Å²) in [6.45, 7) is 4.64. The zero-order chi connectivity index (χ0) is 12.0. The number of nitrogens with zero attached hydrogens (tertiary/aromatic N) is 1. The Morgan fingerprint density at radius 2 is 2.44 bits per heavy atom. The third-order valence-electron chi connectivity index (χ3n) is 2.27. The van der Waals surface area contributed by atoms with Crippen molar-refractivity contribution in [1.29, 1.82) is 0 Å². The van der Waals surface area contributed by atoms with Crippen molar-refractivity contribution < 1.29 is 9.32 Å². The summed E-state index contributed by atoms with van der Waals surface area (Å²) in [4.78, 5) is 11.5. The van der Waals surface area contributed by atoms with E-state index in [1.54, 1.807) is 13.0 Å². The maximum atomic E-state index is 11.5. The van der Waals surface area contributed by atoms with Crippen LogP contribution in [0.15, 0.2) is 10.6 Å². The summed E-state index contributed by atoms with van der Waals surface area (Å²) in [5.74, 6) is 0.738. The van der Waals surface area contributed by atoms with E-state index < -0.39 is 0 Å². The molecule has 0 aliphatic heterocycles. The molecule has 1 unspecified atom stereocenters. The molecule has 0 spiro atoms.